The van der Waals surface area contributed by atoms with Gasteiger partial charge in [0, 0.05) is 27.6 Å². The predicted molar refractivity (Wildman–Crippen MR) is 102 cm³/mol. The van der Waals surface area contributed by atoms with Gasteiger partial charge in [0.15, 0.2) is 6.61 Å². The number of carbonyl (C=O) groups is 3. The van der Waals surface area contributed by atoms with E-state index in [-0.39, 0.29) is 11.1 Å². The van der Waals surface area contributed by atoms with Gasteiger partial charge in [-0.15, -0.1) is 0 Å². The average Bonchev–Trinajstić information content (AvgIpc) is 2.70. The highest BCUT2D eigenvalue weighted by Gasteiger charge is 2.15. The zero-order valence-electron chi connectivity index (χ0n) is 14.3. The first-order valence-electron chi connectivity index (χ1n) is 8.08. The molecule has 2 aromatic carbocycles. The molecule has 0 fully saturated rings. The van der Waals surface area contributed by atoms with Crippen molar-refractivity contribution in [2.24, 2.45) is 0 Å². The molecule has 9 heteroatoms. The van der Waals surface area contributed by atoms with Crippen LogP contribution in [0.5, 0.6) is 0 Å². The molecule has 28 heavy (non-hydrogen) atoms. The number of carbonyl (C=O) groups excluding carboxylic acids is 3. The van der Waals surface area contributed by atoms with Crippen molar-refractivity contribution in [2.75, 3.05) is 6.61 Å². The fourth-order valence-electron chi connectivity index (χ4n) is 2.42. The van der Waals surface area contributed by atoms with E-state index in [1.54, 1.807) is 24.3 Å². The minimum atomic E-state index is -0.832. The van der Waals surface area contributed by atoms with Crippen LogP contribution in [-0.2, 0) is 9.53 Å². The zero-order chi connectivity index (χ0) is 20.1. The molecule has 1 aromatic heterocycles. The van der Waals surface area contributed by atoms with E-state index >= 15 is 0 Å². The Kier molecular flexibility index (Phi) is 5.71. The lowest BCUT2D eigenvalue weighted by Crippen LogP contribution is -2.43. The Labute approximate surface area is 163 Å². The van der Waals surface area contributed by atoms with Crippen LogP contribution in [0.4, 0.5) is 0 Å². The molecule has 0 radical (unpaired) electrons. The molecule has 0 unspecified atom stereocenters. The highest BCUT2D eigenvalue weighted by molar-refractivity contribution is 6.30. The van der Waals surface area contributed by atoms with E-state index < -0.39 is 29.9 Å². The van der Waals surface area contributed by atoms with E-state index in [9.17, 15) is 19.2 Å². The van der Waals surface area contributed by atoms with Crippen molar-refractivity contribution in [3.05, 3.63) is 81.1 Å². The number of amides is 2. The van der Waals surface area contributed by atoms with Crippen LogP contribution in [0, 0.1) is 0 Å². The van der Waals surface area contributed by atoms with Crippen molar-refractivity contribution in [1.82, 2.24) is 15.8 Å². The van der Waals surface area contributed by atoms with E-state index in [1.807, 2.05) is 0 Å². The van der Waals surface area contributed by atoms with Crippen LogP contribution in [0.3, 0.4) is 0 Å². The lowest BCUT2D eigenvalue weighted by atomic mass is 10.1. The summed E-state index contributed by atoms with van der Waals surface area (Å²) >= 11 is 5.74. The van der Waals surface area contributed by atoms with Crippen LogP contribution in [0.1, 0.15) is 20.7 Å². The maximum atomic E-state index is 12.3. The van der Waals surface area contributed by atoms with Gasteiger partial charge >= 0.3 is 5.97 Å². The maximum absolute atomic E-state index is 12.3. The summed E-state index contributed by atoms with van der Waals surface area (Å²) in [5, 5.41) is 0.961. The number of nitrogens with one attached hydrogen (secondary N) is 3. The molecule has 0 bridgehead atoms. The van der Waals surface area contributed by atoms with Gasteiger partial charge in [-0.1, -0.05) is 29.8 Å². The summed E-state index contributed by atoms with van der Waals surface area (Å²) in [7, 11) is 0. The van der Waals surface area contributed by atoms with Crippen molar-refractivity contribution in [3.63, 3.8) is 0 Å². The van der Waals surface area contributed by atoms with E-state index in [4.69, 9.17) is 16.3 Å². The number of H-pyrrole nitrogens is 1. The zero-order valence-corrected chi connectivity index (χ0v) is 15.1. The molecule has 3 rings (SSSR count). The first kappa shape index (κ1) is 19.1. The molecule has 142 valence electrons. The van der Waals surface area contributed by atoms with Gasteiger partial charge in [0.05, 0.1) is 5.56 Å². The Morgan fingerprint density at radius 3 is 2.46 bits per heavy atom. The lowest BCUT2D eigenvalue weighted by Gasteiger charge is -2.09. The molecular formula is C19H14ClN3O5. The van der Waals surface area contributed by atoms with Gasteiger partial charge in [-0.25, -0.2) is 4.79 Å². The van der Waals surface area contributed by atoms with Crippen LogP contribution in [0.25, 0.3) is 10.9 Å². The lowest BCUT2D eigenvalue weighted by molar-refractivity contribution is -0.125. The Bertz CT molecular complexity index is 1110. The topological polar surface area (TPSA) is 117 Å². The van der Waals surface area contributed by atoms with Gasteiger partial charge in [0.2, 0.25) is 5.56 Å². The molecule has 2 amide bonds. The SMILES string of the molecule is O=C(COC(=O)c1cc(=O)[nH]c2ccccc12)NNC(=O)c1ccc(Cl)cc1. The number of ether oxygens (including phenoxy) is 1. The van der Waals surface area contributed by atoms with Crippen LogP contribution in [0.2, 0.25) is 5.02 Å². The van der Waals surface area contributed by atoms with Gasteiger partial charge < -0.3 is 9.72 Å². The summed E-state index contributed by atoms with van der Waals surface area (Å²) in [6.45, 7) is -0.638. The Morgan fingerprint density at radius 1 is 1.00 bits per heavy atom. The fraction of sp³-hybridized carbons (Fsp3) is 0.0526. The summed E-state index contributed by atoms with van der Waals surface area (Å²) in [5.41, 5.74) is 4.66. The highest BCUT2D eigenvalue weighted by Crippen LogP contribution is 2.15. The molecular weight excluding hydrogens is 386 g/mol. The number of pyridine rings is 1. The molecule has 3 aromatic rings. The molecule has 0 atom stereocenters. The third kappa shape index (κ3) is 4.54. The number of para-hydroxylation sites is 1. The normalized spacial score (nSPS) is 10.3. The summed E-state index contributed by atoms with van der Waals surface area (Å²) in [5.74, 6) is -2.14. The molecule has 0 aliphatic heterocycles. The molecule has 0 saturated carbocycles. The minimum Gasteiger partial charge on any atom is -0.452 e. The van der Waals surface area contributed by atoms with Gasteiger partial charge in [0.25, 0.3) is 11.8 Å². The van der Waals surface area contributed by atoms with E-state index in [1.165, 1.54) is 24.3 Å². The van der Waals surface area contributed by atoms with Crippen LogP contribution in [-0.4, -0.2) is 29.4 Å². The predicted octanol–water partition coefficient (Wildman–Crippen LogP) is 1.80. The molecule has 8 nitrogen and oxygen atoms in total. The smallest absolute Gasteiger partial charge is 0.339 e. The summed E-state index contributed by atoms with van der Waals surface area (Å²) < 4.78 is 4.93. The van der Waals surface area contributed by atoms with Crippen molar-refractivity contribution >= 4 is 40.3 Å². The second-order valence-electron chi connectivity index (χ2n) is 5.68. The monoisotopic (exact) mass is 399 g/mol. The van der Waals surface area contributed by atoms with Gasteiger partial charge in [-0.2, -0.15) is 0 Å². The average molecular weight is 400 g/mol. The molecule has 0 spiro atoms. The number of aromatic nitrogens is 1. The second-order valence-corrected chi connectivity index (χ2v) is 6.11. The number of esters is 1. The minimum absolute atomic E-state index is 0.0392. The van der Waals surface area contributed by atoms with Crippen LogP contribution in [0.15, 0.2) is 59.4 Å². The van der Waals surface area contributed by atoms with Gasteiger partial charge in [-0.3, -0.25) is 25.2 Å². The highest BCUT2D eigenvalue weighted by atomic mass is 35.5. The molecule has 0 aliphatic carbocycles. The molecule has 0 aliphatic rings. The standard InChI is InChI=1S/C19H14ClN3O5/c20-12-7-5-11(6-8-12)18(26)23-22-17(25)10-28-19(27)14-9-16(24)21-15-4-2-1-3-13(14)15/h1-9H,10H2,(H,21,24)(H,22,25)(H,23,26). The molecule has 1 heterocycles. The third-order valence-corrected chi connectivity index (χ3v) is 3.98. The van der Waals surface area contributed by atoms with Crippen LogP contribution >= 0.6 is 11.6 Å². The Balaban J connectivity index is 1.57. The largest absolute Gasteiger partial charge is 0.452 e. The first-order valence-corrected chi connectivity index (χ1v) is 8.46. The quantitative estimate of drug-likeness (QED) is 0.457. The summed E-state index contributed by atoms with van der Waals surface area (Å²) in [6, 6.07) is 13.9. The summed E-state index contributed by atoms with van der Waals surface area (Å²) in [6.07, 6.45) is 0. The van der Waals surface area contributed by atoms with Gasteiger partial charge in [-0.05, 0) is 30.3 Å². The van der Waals surface area contributed by atoms with E-state index in [0.29, 0.717) is 15.9 Å². The molecule has 0 saturated heterocycles. The number of fused-ring (bicyclic) bond motifs is 1. The number of hydrogen-bond acceptors (Lipinski definition) is 5. The third-order valence-electron chi connectivity index (χ3n) is 3.73. The molecule has 3 N–H and O–H groups in total. The fourth-order valence-corrected chi connectivity index (χ4v) is 2.54. The Morgan fingerprint density at radius 2 is 1.71 bits per heavy atom. The number of aromatic amines is 1. The first-order chi connectivity index (χ1) is 13.4. The number of hydrogen-bond donors (Lipinski definition) is 3. The van der Waals surface area contributed by atoms with Crippen molar-refractivity contribution in [3.8, 4) is 0 Å². The second kappa shape index (κ2) is 8.36. The number of hydrazine groups is 1. The number of benzene rings is 2. The number of rotatable bonds is 4. The van der Waals surface area contributed by atoms with Gasteiger partial charge in [0.1, 0.15) is 0 Å². The number of halogens is 1. The van der Waals surface area contributed by atoms with Crippen LogP contribution < -0.4 is 16.4 Å². The maximum Gasteiger partial charge on any atom is 0.339 e. The van der Waals surface area contributed by atoms with E-state index in [2.05, 4.69) is 15.8 Å². The van der Waals surface area contributed by atoms with E-state index in [0.717, 1.165) is 6.07 Å². The summed E-state index contributed by atoms with van der Waals surface area (Å²) in [4.78, 5) is 50.2. The van der Waals surface area contributed by atoms with Crippen molar-refractivity contribution in [2.45, 2.75) is 0 Å². The Hall–Kier alpha value is -3.65. The van der Waals surface area contributed by atoms with Crippen molar-refractivity contribution < 1.29 is 19.1 Å². The van der Waals surface area contributed by atoms with Crippen molar-refractivity contribution in [1.29, 1.82) is 0 Å².